The van der Waals surface area contributed by atoms with Crippen LogP contribution in [0.2, 0.25) is 0 Å². The maximum Gasteiger partial charge on any atom is 0.336 e. The molecule has 2 atom stereocenters. The van der Waals surface area contributed by atoms with E-state index in [-0.39, 0.29) is 40.3 Å². The third-order valence-electron chi connectivity index (χ3n) is 9.55. The molecule has 0 fully saturated rings. The summed E-state index contributed by atoms with van der Waals surface area (Å²) in [5, 5.41) is 23.8. The number of oxazole rings is 2. The van der Waals surface area contributed by atoms with Gasteiger partial charge < -0.3 is 35.4 Å². The third kappa shape index (κ3) is 11.3. The Kier molecular flexibility index (Phi) is 13.9. The molecule has 2 unspecified atom stereocenters. The summed E-state index contributed by atoms with van der Waals surface area (Å²) >= 11 is 0. The largest absolute Gasteiger partial charge is 0.429 e. The average molecular weight is 878 g/mol. The van der Waals surface area contributed by atoms with Crippen molar-refractivity contribution in [2.24, 2.45) is 5.73 Å². The van der Waals surface area contributed by atoms with Gasteiger partial charge in [-0.2, -0.15) is 16.8 Å². The first kappa shape index (κ1) is 47.3. The predicted octanol–water partition coefficient (Wildman–Crippen LogP) is 6.31. The van der Waals surface area contributed by atoms with E-state index >= 15 is 4.39 Å². The molecule has 2 aromatic heterocycles. The van der Waals surface area contributed by atoms with E-state index in [1.54, 1.807) is 41.5 Å². The van der Waals surface area contributed by atoms with Gasteiger partial charge >= 0.3 is 42.6 Å². The van der Waals surface area contributed by atoms with Crippen molar-refractivity contribution in [3.05, 3.63) is 81.8 Å². The number of rotatable bonds is 16. The van der Waals surface area contributed by atoms with Gasteiger partial charge in [0.15, 0.2) is 11.5 Å². The van der Waals surface area contributed by atoms with Gasteiger partial charge in [-0.25, -0.2) is 33.4 Å². The number of halogens is 1. The number of benzene rings is 2. The summed E-state index contributed by atoms with van der Waals surface area (Å²) < 4.78 is 81.4. The molecule has 2 aromatic carbocycles. The second-order valence-electron chi connectivity index (χ2n) is 16.3. The molecule has 2 heterocycles. The number of hydrogen-bond acceptors (Lipinski definition) is 13. The average Bonchev–Trinajstić information content (AvgIpc) is 3.83. The first-order chi connectivity index (χ1) is 27.5. The maximum atomic E-state index is 15.2. The lowest BCUT2D eigenvalue weighted by Crippen LogP contribution is -2.35. The standard InChI is InChI=1S/C39H52FN7O11S2/c1-19(2)25-13-23(33(41)48)14-27(31(25)44-34(49)46-59(53,54)36-42-17-29(57-36)38(7,8)51)21(5)11-12-22(6)28-16-24(40)15-26(20(3)4)32(28)45-35(50)47-60(55,56)37-43-18-30(58-37)39(9,10)52/h13-22,51-52H,11-12H2,1-10H3,(H2,41,48)(H2,44,46,49)(H2,45,47,50). The fourth-order valence-electron chi connectivity index (χ4n) is 6.21. The summed E-state index contributed by atoms with van der Waals surface area (Å²) in [5.74, 6) is -3.25. The number of anilines is 2. The number of aliphatic hydroxyl groups is 2. The van der Waals surface area contributed by atoms with Crippen molar-refractivity contribution in [3.8, 4) is 0 Å². The first-order valence-corrected chi connectivity index (χ1v) is 21.8. The van der Waals surface area contributed by atoms with Crippen molar-refractivity contribution in [2.45, 2.75) is 127 Å². The molecule has 8 N–H and O–H groups in total. The molecule has 60 heavy (non-hydrogen) atoms. The van der Waals surface area contributed by atoms with Gasteiger partial charge in [0.1, 0.15) is 17.0 Å². The van der Waals surface area contributed by atoms with Gasteiger partial charge in [-0.1, -0.05) is 41.5 Å². The normalized spacial score (nSPS) is 13.6. The Balaban J connectivity index is 1.63. The van der Waals surface area contributed by atoms with E-state index < -0.39 is 77.3 Å². The van der Waals surface area contributed by atoms with Gasteiger partial charge in [0.2, 0.25) is 5.91 Å². The van der Waals surface area contributed by atoms with Gasteiger partial charge in [0.05, 0.1) is 12.4 Å². The minimum Gasteiger partial charge on any atom is -0.429 e. The second-order valence-corrected chi connectivity index (χ2v) is 19.4. The zero-order valence-corrected chi connectivity index (χ0v) is 36.6. The van der Waals surface area contributed by atoms with Gasteiger partial charge in [0, 0.05) is 16.9 Å². The Labute approximate surface area is 348 Å². The zero-order chi connectivity index (χ0) is 45.3. The molecule has 0 aliphatic heterocycles. The molecule has 0 aliphatic carbocycles. The molecule has 21 heteroatoms. The van der Waals surface area contributed by atoms with Crippen LogP contribution in [-0.2, 0) is 31.2 Å². The summed E-state index contributed by atoms with van der Waals surface area (Å²) in [4.78, 5) is 46.4. The first-order valence-electron chi connectivity index (χ1n) is 18.9. The maximum absolute atomic E-state index is 15.2. The molecular formula is C39H52FN7O11S2. The van der Waals surface area contributed by atoms with Crippen molar-refractivity contribution in [1.29, 1.82) is 0 Å². The number of nitrogens with two attached hydrogens (primary N) is 1. The summed E-state index contributed by atoms with van der Waals surface area (Å²) in [7, 11) is -9.30. The zero-order valence-electron chi connectivity index (χ0n) is 34.9. The molecule has 0 bridgehead atoms. The summed E-state index contributed by atoms with van der Waals surface area (Å²) in [5.41, 5.74) is 4.72. The van der Waals surface area contributed by atoms with Crippen molar-refractivity contribution >= 4 is 49.4 Å². The van der Waals surface area contributed by atoms with E-state index in [0.29, 0.717) is 35.1 Å². The van der Waals surface area contributed by atoms with E-state index in [0.717, 1.165) is 12.4 Å². The Morgan fingerprint density at radius 2 is 1.03 bits per heavy atom. The highest BCUT2D eigenvalue weighted by Crippen LogP contribution is 2.40. The third-order valence-corrected chi connectivity index (χ3v) is 11.8. The van der Waals surface area contributed by atoms with E-state index in [1.807, 2.05) is 9.44 Å². The molecule has 328 valence electrons. The Morgan fingerprint density at radius 3 is 1.38 bits per heavy atom. The minimum atomic E-state index is -4.65. The van der Waals surface area contributed by atoms with Gasteiger partial charge in [0.25, 0.3) is 0 Å². The van der Waals surface area contributed by atoms with E-state index in [1.165, 1.54) is 52.0 Å². The highest BCUT2D eigenvalue weighted by atomic mass is 32.2. The molecule has 4 aromatic rings. The van der Waals surface area contributed by atoms with Gasteiger partial charge in [-0.05, 0) is 111 Å². The van der Waals surface area contributed by atoms with E-state index in [4.69, 9.17) is 14.6 Å². The number of aromatic nitrogens is 2. The number of amides is 5. The van der Waals surface area contributed by atoms with Crippen LogP contribution in [0.3, 0.4) is 0 Å². The van der Waals surface area contributed by atoms with E-state index in [9.17, 15) is 41.4 Å². The fourth-order valence-corrected chi connectivity index (χ4v) is 7.75. The Morgan fingerprint density at radius 1 is 0.683 bits per heavy atom. The lowest BCUT2D eigenvalue weighted by Gasteiger charge is -2.25. The smallest absolute Gasteiger partial charge is 0.336 e. The molecule has 0 radical (unpaired) electrons. The van der Waals surface area contributed by atoms with Crippen LogP contribution in [0.25, 0.3) is 0 Å². The summed E-state index contributed by atoms with van der Waals surface area (Å²) in [6, 6.07) is 3.09. The van der Waals surface area contributed by atoms with Crippen LogP contribution < -0.4 is 25.8 Å². The lowest BCUT2D eigenvalue weighted by molar-refractivity contribution is 0.0496. The molecule has 5 amide bonds. The SMILES string of the molecule is CC(C)c1cc(F)cc(C(C)CCC(C)c2cc(C(N)=O)cc(C(C)C)c2NC(=O)NS(=O)(=O)c2ncc(C(C)(C)O)o2)c1NC(=O)NS(=O)(=O)c1ncc(C(C)(C)O)o1. The number of urea groups is 2. The monoisotopic (exact) mass is 877 g/mol. The highest BCUT2D eigenvalue weighted by Gasteiger charge is 2.32. The molecule has 0 spiro atoms. The van der Waals surface area contributed by atoms with Gasteiger partial charge in [-0.15, -0.1) is 0 Å². The number of nitrogens with one attached hydrogen (secondary N) is 4. The Hall–Kier alpha value is -5.38. The minimum absolute atomic E-state index is 0.131. The van der Waals surface area contributed by atoms with Crippen molar-refractivity contribution in [1.82, 2.24) is 19.4 Å². The van der Waals surface area contributed by atoms with Crippen LogP contribution in [0.1, 0.15) is 150 Å². The lowest BCUT2D eigenvalue weighted by atomic mass is 9.84. The molecular weight excluding hydrogens is 826 g/mol. The predicted molar refractivity (Wildman–Crippen MR) is 218 cm³/mol. The highest BCUT2D eigenvalue weighted by molar-refractivity contribution is 7.90. The number of carbonyl (C=O) groups excluding carboxylic acids is 3. The number of nitrogens with zero attached hydrogens (tertiary/aromatic N) is 2. The molecule has 18 nitrogen and oxygen atoms in total. The van der Waals surface area contributed by atoms with E-state index in [2.05, 4.69) is 20.6 Å². The van der Waals surface area contributed by atoms with Crippen molar-refractivity contribution < 1.29 is 54.7 Å². The topological polar surface area (TPSA) is 286 Å². The van der Waals surface area contributed by atoms with Crippen molar-refractivity contribution in [3.63, 3.8) is 0 Å². The van der Waals surface area contributed by atoms with Crippen LogP contribution in [0.4, 0.5) is 25.4 Å². The van der Waals surface area contributed by atoms with Gasteiger partial charge in [-0.3, -0.25) is 4.79 Å². The van der Waals surface area contributed by atoms with Crippen LogP contribution >= 0.6 is 0 Å². The van der Waals surface area contributed by atoms with Crippen LogP contribution in [0.5, 0.6) is 0 Å². The van der Waals surface area contributed by atoms with Crippen LogP contribution in [0, 0.1) is 5.82 Å². The quantitative estimate of drug-likeness (QED) is 0.0650. The molecule has 4 rings (SSSR count). The number of hydrogen-bond donors (Lipinski definition) is 7. The summed E-state index contributed by atoms with van der Waals surface area (Å²) in [6.45, 7) is 16.1. The summed E-state index contributed by atoms with van der Waals surface area (Å²) in [6.07, 6.45) is 2.68. The molecule has 0 saturated heterocycles. The molecule has 0 aliphatic rings. The Bertz CT molecular complexity index is 2480. The van der Waals surface area contributed by atoms with Crippen molar-refractivity contribution in [2.75, 3.05) is 10.6 Å². The van der Waals surface area contributed by atoms with Crippen LogP contribution in [-0.4, -0.2) is 55.0 Å². The number of sulfonamides is 2. The van der Waals surface area contributed by atoms with Crippen LogP contribution in [0.15, 0.2) is 55.9 Å². The number of primary amides is 1. The second kappa shape index (κ2) is 17.7. The number of carbonyl (C=O) groups is 3. The fraction of sp³-hybridized carbons (Fsp3) is 0.462. The molecule has 0 saturated carbocycles.